The zero-order valence-corrected chi connectivity index (χ0v) is 12.1. The van der Waals surface area contributed by atoms with E-state index in [1.54, 1.807) is 0 Å². The van der Waals surface area contributed by atoms with Gasteiger partial charge in [-0.25, -0.2) is 13.3 Å². The van der Waals surface area contributed by atoms with Gasteiger partial charge >= 0.3 is 23.9 Å². The summed E-state index contributed by atoms with van der Waals surface area (Å²) in [6.45, 7) is -0.648. The van der Waals surface area contributed by atoms with Crippen LogP contribution in [0.4, 0.5) is 48.3 Å². The second kappa shape index (κ2) is 6.60. The molecule has 0 atom stereocenters. The number of halogens is 11. The van der Waals surface area contributed by atoms with Gasteiger partial charge in [0.15, 0.2) is 18.9 Å². The molecule has 0 amide bonds. The first kappa shape index (κ1) is 21.4. The monoisotopic (exact) mass is 390 g/mol. The van der Waals surface area contributed by atoms with Crippen molar-refractivity contribution in [2.75, 3.05) is 0 Å². The van der Waals surface area contributed by atoms with Crippen molar-refractivity contribution in [2.45, 2.75) is 49.3 Å². The SMILES string of the molecule is FC(F)(CC[n+]1ccccc1)CC(F)(F)C(F)(F)C(F)(F)C(F)(F)F. The highest BCUT2D eigenvalue weighted by atomic mass is 19.4. The summed E-state index contributed by atoms with van der Waals surface area (Å²) >= 11 is 0. The summed E-state index contributed by atoms with van der Waals surface area (Å²) in [6, 6.07) is 4.25. The van der Waals surface area contributed by atoms with E-state index in [4.69, 9.17) is 0 Å². The number of aromatic nitrogens is 1. The Labute approximate surface area is 134 Å². The molecule has 1 aromatic rings. The quantitative estimate of drug-likeness (QED) is 0.463. The van der Waals surface area contributed by atoms with Crippen LogP contribution in [0.3, 0.4) is 0 Å². The van der Waals surface area contributed by atoms with Crippen molar-refractivity contribution in [3.8, 4) is 0 Å². The van der Waals surface area contributed by atoms with Crippen LogP contribution in [-0.2, 0) is 6.54 Å². The van der Waals surface area contributed by atoms with Gasteiger partial charge in [0.25, 0.3) is 5.92 Å². The van der Waals surface area contributed by atoms with Gasteiger partial charge in [-0.15, -0.1) is 0 Å². The minimum Gasteiger partial charge on any atom is -0.206 e. The molecule has 0 aliphatic rings. The topological polar surface area (TPSA) is 3.88 Å². The summed E-state index contributed by atoms with van der Waals surface area (Å²) in [4.78, 5) is 0. The van der Waals surface area contributed by atoms with Gasteiger partial charge in [0, 0.05) is 12.1 Å². The molecule has 0 unspecified atom stereocenters. The maximum absolute atomic E-state index is 13.5. The van der Waals surface area contributed by atoms with Gasteiger partial charge in [-0.1, -0.05) is 6.07 Å². The lowest BCUT2D eigenvalue weighted by atomic mass is 9.96. The second-order valence-electron chi connectivity index (χ2n) is 5.25. The Balaban J connectivity index is 2.93. The van der Waals surface area contributed by atoms with Crippen molar-refractivity contribution >= 4 is 0 Å². The molecule has 0 bridgehead atoms. The van der Waals surface area contributed by atoms with E-state index in [1.807, 2.05) is 0 Å². The molecule has 0 fully saturated rings. The van der Waals surface area contributed by atoms with E-state index in [-0.39, 0.29) is 0 Å². The molecule has 0 spiro atoms. The van der Waals surface area contributed by atoms with Gasteiger partial charge in [0.1, 0.15) is 0 Å². The van der Waals surface area contributed by atoms with E-state index in [0.717, 1.165) is 4.57 Å². The zero-order chi connectivity index (χ0) is 19.7. The Kier molecular flexibility index (Phi) is 5.65. The molecule has 0 N–H and O–H groups in total. The van der Waals surface area contributed by atoms with E-state index >= 15 is 0 Å². The van der Waals surface area contributed by atoms with Crippen molar-refractivity contribution in [1.29, 1.82) is 0 Å². The third kappa shape index (κ3) is 4.51. The van der Waals surface area contributed by atoms with Crippen LogP contribution in [0.25, 0.3) is 0 Å². The van der Waals surface area contributed by atoms with Gasteiger partial charge in [-0.2, -0.15) is 39.5 Å². The summed E-state index contributed by atoms with van der Waals surface area (Å²) in [5.74, 6) is -25.1. The lowest BCUT2D eigenvalue weighted by molar-refractivity contribution is -0.699. The smallest absolute Gasteiger partial charge is 0.206 e. The Morgan fingerprint density at radius 2 is 1.12 bits per heavy atom. The Morgan fingerprint density at radius 3 is 1.56 bits per heavy atom. The van der Waals surface area contributed by atoms with Gasteiger partial charge < -0.3 is 0 Å². The standard InChI is InChI=1S/C13H11F11N/c14-9(15,4-7-25-5-2-1-3-6-25)8-10(16,17)11(18,19)12(20,21)13(22,23)24/h1-3,5-6H,4,7-8H2/q+1. The minimum atomic E-state index is -7.17. The van der Waals surface area contributed by atoms with E-state index in [9.17, 15) is 48.3 Å². The molecule has 1 rings (SSSR count). The maximum atomic E-state index is 13.5. The van der Waals surface area contributed by atoms with Crippen molar-refractivity contribution in [3.63, 3.8) is 0 Å². The highest BCUT2D eigenvalue weighted by molar-refractivity contribution is 5.01. The highest BCUT2D eigenvalue weighted by Gasteiger charge is 2.82. The van der Waals surface area contributed by atoms with Crippen LogP contribution in [-0.4, -0.2) is 29.9 Å². The number of aryl methyl sites for hydroxylation is 1. The number of alkyl halides is 11. The van der Waals surface area contributed by atoms with Gasteiger partial charge in [0.05, 0.1) is 12.8 Å². The van der Waals surface area contributed by atoms with Crippen LogP contribution in [0, 0.1) is 0 Å². The average molecular weight is 390 g/mol. The Hall–Kier alpha value is -1.62. The minimum absolute atomic E-state index is 0.648. The molecule has 0 saturated heterocycles. The molecule has 0 saturated carbocycles. The molecule has 1 heterocycles. The molecule has 0 radical (unpaired) electrons. The summed E-state index contributed by atoms with van der Waals surface area (Å²) in [5, 5.41) is 0. The van der Waals surface area contributed by atoms with Crippen molar-refractivity contribution in [1.82, 2.24) is 0 Å². The number of hydrogen-bond donors (Lipinski definition) is 0. The van der Waals surface area contributed by atoms with Gasteiger partial charge in [0.2, 0.25) is 0 Å². The van der Waals surface area contributed by atoms with E-state index < -0.39 is 49.3 Å². The van der Waals surface area contributed by atoms with Crippen molar-refractivity contribution in [2.24, 2.45) is 0 Å². The first-order chi connectivity index (χ1) is 11.0. The fourth-order valence-corrected chi connectivity index (χ4v) is 1.81. The molecular weight excluding hydrogens is 379 g/mol. The third-order valence-electron chi connectivity index (χ3n) is 3.20. The first-order valence-electron chi connectivity index (χ1n) is 6.56. The number of rotatable bonds is 7. The highest BCUT2D eigenvalue weighted by Crippen LogP contribution is 2.55. The van der Waals surface area contributed by atoms with Crippen molar-refractivity contribution < 1.29 is 52.9 Å². The predicted molar refractivity (Wildman–Crippen MR) is 61.7 cm³/mol. The third-order valence-corrected chi connectivity index (χ3v) is 3.20. The fourth-order valence-electron chi connectivity index (χ4n) is 1.81. The maximum Gasteiger partial charge on any atom is 0.460 e. The number of hydrogen-bond acceptors (Lipinski definition) is 0. The van der Waals surface area contributed by atoms with Crippen LogP contribution in [0.5, 0.6) is 0 Å². The predicted octanol–water partition coefficient (Wildman–Crippen LogP) is 4.86. The molecule has 1 nitrogen and oxygen atoms in total. The molecule has 144 valence electrons. The molecule has 0 aliphatic carbocycles. The molecular formula is C13H11F11N+. The lowest BCUT2D eigenvalue weighted by Gasteiger charge is -2.35. The lowest BCUT2D eigenvalue weighted by Crippen LogP contribution is -2.62. The molecule has 12 heteroatoms. The van der Waals surface area contributed by atoms with E-state index in [0.29, 0.717) is 0 Å². The summed E-state index contributed by atoms with van der Waals surface area (Å²) < 4.78 is 141. The molecule has 25 heavy (non-hydrogen) atoms. The Bertz CT molecular complexity index is 565. The molecule has 0 aliphatic heterocycles. The van der Waals surface area contributed by atoms with Gasteiger partial charge in [-0.05, 0) is 0 Å². The van der Waals surface area contributed by atoms with Crippen molar-refractivity contribution in [3.05, 3.63) is 30.6 Å². The van der Waals surface area contributed by atoms with Crippen LogP contribution in [0.1, 0.15) is 12.8 Å². The van der Waals surface area contributed by atoms with Crippen LogP contribution >= 0.6 is 0 Å². The van der Waals surface area contributed by atoms with E-state index in [2.05, 4.69) is 0 Å². The Morgan fingerprint density at radius 1 is 0.640 bits per heavy atom. The molecule has 0 aromatic carbocycles. The largest absolute Gasteiger partial charge is 0.460 e. The number of pyridine rings is 1. The fraction of sp³-hybridized carbons (Fsp3) is 0.615. The summed E-state index contributed by atoms with van der Waals surface area (Å²) in [5.41, 5.74) is 0. The van der Waals surface area contributed by atoms with Crippen LogP contribution < -0.4 is 4.57 Å². The van der Waals surface area contributed by atoms with Gasteiger partial charge in [-0.3, -0.25) is 0 Å². The normalized spacial score (nSPS) is 14.7. The first-order valence-corrected chi connectivity index (χ1v) is 6.56. The van der Waals surface area contributed by atoms with Crippen LogP contribution in [0.2, 0.25) is 0 Å². The zero-order valence-electron chi connectivity index (χ0n) is 12.1. The average Bonchev–Trinajstić information content (AvgIpc) is 2.43. The van der Waals surface area contributed by atoms with E-state index in [1.165, 1.54) is 30.6 Å². The molecule has 1 aromatic heterocycles. The van der Waals surface area contributed by atoms with Crippen LogP contribution in [0.15, 0.2) is 30.6 Å². The summed E-state index contributed by atoms with van der Waals surface area (Å²) in [7, 11) is 0. The second-order valence-corrected chi connectivity index (χ2v) is 5.25. The summed E-state index contributed by atoms with van der Waals surface area (Å²) in [6.07, 6.45) is -9.19. The number of nitrogens with zero attached hydrogens (tertiary/aromatic N) is 1.